The molecular weight excluding hydrogens is 446 g/mol. The summed E-state index contributed by atoms with van der Waals surface area (Å²) in [5.41, 5.74) is 1.86. The van der Waals surface area contributed by atoms with E-state index in [0.717, 1.165) is 5.56 Å². The van der Waals surface area contributed by atoms with Crippen molar-refractivity contribution in [3.8, 4) is 0 Å². The lowest BCUT2D eigenvalue weighted by Gasteiger charge is -2.19. The van der Waals surface area contributed by atoms with Gasteiger partial charge in [0.25, 0.3) is 5.91 Å². The predicted octanol–water partition coefficient (Wildman–Crippen LogP) is 3.25. The zero-order valence-corrected chi connectivity index (χ0v) is 19.3. The monoisotopic (exact) mass is 471 g/mol. The van der Waals surface area contributed by atoms with E-state index in [4.69, 9.17) is 4.74 Å². The van der Waals surface area contributed by atoms with E-state index in [0.29, 0.717) is 5.56 Å². The van der Waals surface area contributed by atoms with Gasteiger partial charge in [0, 0.05) is 12.6 Å². The van der Waals surface area contributed by atoms with E-state index < -0.39 is 28.5 Å². The molecule has 0 spiro atoms. The molecule has 1 amide bonds. The Balaban J connectivity index is 1.52. The van der Waals surface area contributed by atoms with Crippen molar-refractivity contribution in [2.75, 3.05) is 11.9 Å². The van der Waals surface area contributed by atoms with Crippen LogP contribution in [0.3, 0.4) is 0 Å². The summed E-state index contributed by atoms with van der Waals surface area (Å²) < 4.78 is 37.2. The van der Waals surface area contributed by atoms with Crippen LogP contribution in [-0.4, -0.2) is 32.1 Å². The fraction of sp³-hybridized carbons (Fsp3) is 0.261. The fourth-order valence-corrected chi connectivity index (χ4v) is 3.84. The van der Waals surface area contributed by atoms with Gasteiger partial charge in [-0.25, -0.2) is 17.9 Å². The summed E-state index contributed by atoms with van der Waals surface area (Å²) in [5, 5.41) is 5.93. The number of esters is 1. The number of amides is 1. The highest BCUT2D eigenvalue weighted by Gasteiger charge is 2.18. The Morgan fingerprint density at radius 1 is 1.00 bits per heavy atom. The van der Waals surface area contributed by atoms with Gasteiger partial charge in [-0.3, -0.25) is 4.79 Å². The van der Waals surface area contributed by atoms with Crippen LogP contribution >= 0.6 is 0 Å². The van der Waals surface area contributed by atoms with Crippen LogP contribution in [0.25, 0.3) is 0 Å². The smallest absolute Gasteiger partial charge is 0.338 e. The quantitative estimate of drug-likeness (QED) is 0.483. The first kappa shape index (κ1) is 24.1. The van der Waals surface area contributed by atoms with Crippen LogP contribution in [-0.2, 0) is 31.5 Å². The Morgan fingerprint density at radius 3 is 2.24 bits per heavy atom. The summed E-state index contributed by atoms with van der Waals surface area (Å²) in [6.07, 6.45) is 1.30. The molecule has 0 saturated carbocycles. The molecule has 9 nitrogen and oxygen atoms in total. The molecule has 2 N–H and O–H groups in total. The highest BCUT2D eigenvalue weighted by Crippen LogP contribution is 2.23. The van der Waals surface area contributed by atoms with Gasteiger partial charge in [0.2, 0.25) is 10.0 Å². The summed E-state index contributed by atoms with van der Waals surface area (Å²) in [5.74, 6) is -1.02. The number of sulfonamides is 1. The maximum atomic E-state index is 12.6. The second kappa shape index (κ2) is 9.97. The molecule has 174 valence electrons. The topological polar surface area (TPSA) is 128 Å². The number of hydrogen-bond acceptors (Lipinski definition) is 7. The predicted molar refractivity (Wildman–Crippen MR) is 121 cm³/mol. The lowest BCUT2D eigenvalue weighted by Crippen LogP contribution is -2.23. The van der Waals surface area contributed by atoms with Crippen LogP contribution in [0.15, 0.2) is 70.3 Å². The normalized spacial score (nSPS) is 11.7. The van der Waals surface area contributed by atoms with Gasteiger partial charge in [-0.15, -0.1) is 0 Å². The van der Waals surface area contributed by atoms with Crippen molar-refractivity contribution in [2.24, 2.45) is 0 Å². The Hall–Kier alpha value is -3.50. The van der Waals surface area contributed by atoms with Crippen LogP contribution in [0.4, 0.5) is 5.82 Å². The van der Waals surface area contributed by atoms with E-state index >= 15 is 0 Å². The molecule has 10 heteroatoms. The Labute approximate surface area is 192 Å². The van der Waals surface area contributed by atoms with Gasteiger partial charge >= 0.3 is 5.97 Å². The number of nitrogens with one attached hydrogen (secondary N) is 2. The zero-order valence-electron chi connectivity index (χ0n) is 18.5. The molecule has 0 radical (unpaired) electrons. The third-order valence-corrected chi connectivity index (χ3v) is 6.14. The van der Waals surface area contributed by atoms with Gasteiger partial charge in [0.1, 0.15) is 6.26 Å². The first-order valence-electron chi connectivity index (χ1n) is 10.1. The summed E-state index contributed by atoms with van der Waals surface area (Å²) in [4.78, 5) is 24.0. The number of aromatic nitrogens is 1. The number of benzene rings is 2. The number of anilines is 1. The first-order chi connectivity index (χ1) is 15.5. The van der Waals surface area contributed by atoms with Crippen molar-refractivity contribution in [3.05, 3.63) is 77.6 Å². The molecule has 1 aromatic heterocycles. The zero-order chi connectivity index (χ0) is 24.1. The Bertz CT molecular complexity index is 1200. The minimum atomic E-state index is -3.68. The van der Waals surface area contributed by atoms with E-state index in [-0.39, 0.29) is 28.2 Å². The van der Waals surface area contributed by atoms with Crippen molar-refractivity contribution < 1.29 is 27.3 Å². The molecule has 3 aromatic rings. The van der Waals surface area contributed by atoms with Crippen molar-refractivity contribution in [3.63, 3.8) is 0 Å². The highest BCUT2D eigenvalue weighted by atomic mass is 32.2. The molecule has 0 saturated heterocycles. The summed E-state index contributed by atoms with van der Waals surface area (Å²) in [7, 11) is -3.68. The van der Waals surface area contributed by atoms with Gasteiger partial charge in [0.15, 0.2) is 12.4 Å². The number of carbonyl (C=O) groups excluding carboxylic acids is 2. The van der Waals surface area contributed by atoms with Crippen molar-refractivity contribution in [2.45, 2.75) is 37.6 Å². The molecule has 3 rings (SSSR count). The molecule has 0 unspecified atom stereocenters. The van der Waals surface area contributed by atoms with E-state index in [9.17, 15) is 18.0 Å². The summed E-state index contributed by atoms with van der Waals surface area (Å²) in [6, 6.07) is 14.4. The molecule has 0 aliphatic rings. The van der Waals surface area contributed by atoms with Crippen LogP contribution in [0, 0.1) is 0 Å². The molecule has 0 aliphatic carbocycles. The molecule has 0 atom stereocenters. The Morgan fingerprint density at radius 2 is 1.67 bits per heavy atom. The number of nitrogens with zero attached hydrogens (tertiary/aromatic N) is 1. The lowest BCUT2D eigenvalue weighted by molar-refractivity contribution is -0.119. The summed E-state index contributed by atoms with van der Waals surface area (Å²) in [6.45, 7) is 5.74. The Kier molecular flexibility index (Phi) is 7.29. The minimum Gasteiger partial charge on any atom is -0.452 e. The average Bonchev–Trinajstić information content (AvgIpc) is 3.29. The van der Waals surface area contributed by atoms with Crippen LogP contribution < -0.4 is 10.0 Å². The standard InChI is InChI=1S/C23H25N3O6S/c1-23(2,3)18-8-10-19(11-9-18)33(29,30)24-14-16-4-6-17(7-5-16)22(28)31-15-21(27)25-20-12-13-32-26-20/h4-13,24H,14-15H2,1-3H3,(H,25,26,27). The van der Waals surface area contributed by atoms with Crippen molar-refractivity contribution in [1.82, 2.24) is 9.88 Å². The molecule has 0 bridgehead atoms. The van der Waals surface area contributed by atoms with Gasteiger partial charge < -0.3 is 14.6 Å². The highest BCUT2D eigenvalue weighted by molar-refractivity contribution is 7.89. The molecular formula is C23H25N3O6S. The molecule has 33 heavy (non-hydrogen) atoms. The van der Waals surface area contributed by atoms with Gasteiger partial charge in [-0.05, 0) is 40.8 Å². The first-order valence-corrected chi connectivity index (χ1v) is 11.6. The van der Waals surface area contributed by atoms with Gasteiger partial charge in [0.05, 0.1) is 10.5 Å². The molecule has 2 aromatic carbocycles. The maximum absolute atomic E-state index is 12.6. The lowest BCUT2D eigenvalue weighted by atomic mass is 9.87. The fourth-order valence-electron chi connectivity index (χ4n) is 2.82. The summed E-state index contributed by atoms with van der Waals surface area (Å²) >= 11 is 0. The molecule has 1 heterocycles. The van der Waals surface area contributed by atoms with Crippen molar-refractivity contribution >= 4 is 27.7 Å². The van der Waals surface area contributed by atoms with Crippen LogP contribution in [0.2, 0.25) is 0 Å². The third kappa shape index (κ3) is 6.74. The van der Waals surface area contributed by atoms with Crippen molar-refractivity contribution in [1.29, 1.82) is 0 Å². The molecule has 0 fully saturated rings. The second-order valence-corrected chi connectivity index (χ2v) is 10.1. The number of ether oxygens (including phenoxy) is 1. The maximum Gasteiger partial charge on any atom is 0.338 e. The minimum absolute atomic E-state index is 0.0544. The van der Waals surface area contributed by atoms with E-state index in [1.165, 1.54) is 24.5 Å². The SMILES string of the molecule is CC(C)(C)c1ccc(S(=O)(=O)NCc2ccc(C(=O)OCC(=O)Nc3ccon3)cc2)cc1. The van der Waals surface area contributed by atoms with Crippen LogP contribution in [0.5, 0.6) is 0 Å². The largest absolute Gasteiger partial charge is 0.452 e. The van der Waals surface area contributed by atoms with Gasteiger partial charge in [-0.2, -0.15) is 0 Å². The van der Waals surface area contributed by atoms with Crippen LogP contribution in [0.1, 0.15) is 42.3 Å². The molecule has 0 aliphatic heterocycles. The van der Waals surface area contributed by atoms with E-state index in [2.05, 4.69) is 40.5 Å². The van der Waals surface area contributed by atoms with E-state index in [1.807, 2.05) is 0 Å². The van der Waals surface area contributed by atoms with Gasteiger partial charge in [-0.1, -0.05) is 50.2 Å². The average molecular weight is 472 g/mol. The third-order valence-electron chi connectivity index (χ3n) is 4.73. The number of rotatable bonds is 8. The number of carbonyl (C=O) groups is 2. The van der Waals surface area contributed by atoms with E-state index in [1.54, 1.807) is 36.4 Å². The number of hydrogen-bond donors (Lipinski definition) is 2. The second-order valence-electron chi connectivity index (χ2n) is 8.30.